The standard InChI is InChI=1S/C13H8BrN3O4Se/c14-10-6-9(16(18)19)4-5-11(10)15-7-8-2-1-3-12(17(20)21)13(8)22-15/h1-6H,7H2. The van der Waals surface area contributed by atoms with Crippen molar-refractivity contribution in [3.05, 3.63) is 66.7 Å². The van der Waals surface area contributed by atoms with Crippen LogP contribution in [-0.2, 0) is 6.54 Å². The van der Waals surface area contributed by atoms with Gasteiger partial charge in [0.2, 0.25) is 0 Å². The number of anilines is 1. The van der Waals surface area contributed by atoms with Crippen LogP contribution < -0.4 is 8.38 Å². The van der Waals surface area contributed by atoms with E-state index in [-0.39, 0.29) is 31.5 Å². The summed E-state index contributed by atoms with van der Waals surface area (Å²) in [6.07, 6.45) is 0. The van der Waals surface area contributed by atoms with Crippen molar-refractivity contribution in [1.29, 1.82) is 0 Å². The Labute approximate surface area is 139 Å². The first-order valence-electron chi connectivity index (χ1n) is 6.13. The molecule has 0 aliphatic carbocycles. The zero-order valence-electron chi connectivity index (χ0n) is 10.9. The second-order valence-corrected chi connectivity index (χ2v) is 7.56. The molecule has 2 aromatic carbocycles. The Hall–Kier alpha value is -1.96. The van der Waals surface area contributed by atoms with Crippen molar-refractivity contribution in [3.8, 4) is 0 Å². The van der Waals surface area contributed by atoms with Gasteiger partial charge < -0.3 is 0 Å². The van der Waals surface area contributed by atoms with E-state index in [0.29, 0.717) is 11.0 Å². The predicted octanol–water partition coefficient (Wildman–Crippen LogP) is 2.53. The van der Waals surface area contributed by atoms with Crippen LogP contribution >= 0.6 is 15.9 Å². The number of non-ortho nitro benzene ring substituents is 1. The molecule has 1 aliphatic rings. The minimum absolute atomic E-state index is 0.00539. The zero-order valence-corrected chi connectivity index (χ0v) is 14.2. The van der Waals surface area contributed by atoms with E-state index in [0.717, 1.165) is 15.7 Å². The quantitative estimate of drug-likeness (QED) is 0.425. The molecule has 9 heteroatoms. The van der Waals surface area contributed by atoms with Gasteiger partial charge in [0.25, 0.3) is 0 Å². The predicted molar refractivity (Wildman–Crippen MR) is 85.5 cm³/mol. The zero-order chi connectivity index (χ0) is 15.9. The van der Waals surface area contributed by atoms with E-state index in [9.17, 15) is 20.2 Å². The summed E-state index contributed by atoms with van der Waals surface area (Å²) in [5.74, 6) is 0. The number of halogens is 1. The van der Waals surface area contributed by atoms with Gasteiger partial charge in [0, 0.05) is 0 Å². The van der Waals surface area contributed by atoms with Gasteiger partial charge in [-0.2, -0.15) is 0 Å². The summed E-state index contributed by atoms with van der Waals surface area (Å²) in [5.41, 5.74) is 1.87. The molecule has 7 nitrogen and oxygen atoms in total. The van der Waals surface area contributed by atoms with Crippen molar-refractivity contribution in [3.63, 3.8) is 0 Å². The van der Waals surface area contributed by atoms with E-state index in [1.54, 1.807) is 12.1 Å². The van der Waals surface area contributed by atoms with Crippen molar-refractivity contribution in [1.82, 2.24) is 0 Å². The fourth-order valence-electron chi connectivity index (χ4n) is 2.19. The molecule has 0 aromatic heterocycles. The summed E-state index contributed by atoms with van der Waals surface area (Å²) in [7, 11) is 0. The van der Waals surface area contributed by atoms with E-state index in [1.165, 1.54) is 18.2 Å². The molecule has 0 fully saturated rings. The van der Waals surface area contributed by atoms with Gasteiger partial charge in [-0.25, -0.2) is 0 Å². The molecule has 3 rings (SSSR count). The van der Waals surface area contributed by atoms with E-state index >= 15 is 0 Å². The first-order chi connectivity index (χ1) is 10.5. The average molecular weight is 429 g/mol. The van der Waals surface area contributed by atoms with Crippen LogP contribution in [-0.4, -0.2) is 25.0 Å². The van der Waals surface area contributed by atoms with Crippen LogP contribution in [0.3, 0.4) is 0 Å². The summed E-state index contributed by atoms with van der Waals surface area (Å²) in [4.78, 5) is 21.1. The maximum atomic E-state index is 11.1. The Bertz CT molecular complexity index is 799. The Morgan fingerprint density at radius 1 is 1.14 bits per heavy atom. The monoisotopic (exact) mass is 429 g/mol. The molecule has 0 unspecified atom stereocenters. The fourth-order valence-corrected chi connectivity index (χ4v) is 5.48. The fraction of sp³-hybridized carbons (Fsp3) is 0.0769. The van der Waals surface area contributed by atoms with Crippen LogP contribution in [0.4, 0.5) is 17.1 Å². The van der Waals surface area contributed by atoms with Crippen molar-refractivity contribution in [2.45, 2.75) is 6.54 Å². The second-order valence-electron chi connectivity index (χ2n) is 4.54. The first-order valence-corrected chi connectivity index (χ1v) is 8.54. The molecule has 1 aliphatic heterocycles. The van der Waals surface area contributed by atoms with Crippen LogP contribution in [0.5, 0.6) is 0 Å². The number of benzene rings is 2. The Morgan fingerprint density at radius 2 is 1.91 bits per heavy atom. The number of fused-ring (bicyclic) bond motifs is 1. The maximum absolute atomic E-state index is 11.1. The Morgan fingerprint density at radius 3 is 2.55 bits per heavy atom. The molecule has 0 saturated heterocycles. The van der Waals surface area contributed by atoms with Crippen molar-refractivity contribution >= 4 is 52.6 Å². The summed E-state index contributed by atoms with van der Waals surface area (Å²) < 4.78 is 3.38. The Balaban J connectivity index is 1.95. The van der Waals surface area contributed by atoms with Gasteiger partial charge in [-0.05, 0) is 0 Å². The molecular weight excluding hydrogens is 421 g/mol. The van der Waals surface area contributed by atoms with Gasteiger partial charge in [0.15, 0.2) is 0 Å². The summed E-state index contributed by atoms with van der Waals surface area (Å²) >= 11 is 3.11. The number of rotatable bonds is 3. The van der Waals surface area contributed by atoms with Gasteiger partial charge in [-0.1, -0.05) is 0 Å². The van der Waals surface area contributed by atoms with Crippen molar-refractivity contribution in [2.24, 2.45) is 0 Å². The molecule has 0 bridgehead atoms. The van der Waals surface area contributed by atoms with Crippen LogP contribution in [0.25, 0.3) is 0 Å². The molecule has 1 heterocycles. The van der Waals surface area contributed by atoms with E-state index in [2.05, 4.69) is 15.9 Å². The molecule has 0 atom stereocenters. The molecular formula is C13H8BrN3O4Se. The van der Waals surface area contributed by atoms with E-state index < -0.39 is 4.92 Å². The van der Waals surface area contributed by atoms with E-state index in [1.807, 2.05) is 9.98 Å². The molecule has 0 N–H and O–H groups in total. The number of nitro groups is 2. The third-order valence-corrected chi connectivity index (χ3v) is 6.35. The second kappa shape index (κ2) is 5.68. The molecule has 0 amide bonds. The molecule has 2 aromatic rings. The third-order valence-electron chi connectivity index (χ3n) is 3.20. The molecule has 0 spiro atoms. The summed E-state index contributed by atoms with van der Waals surface area (Å²) in [6.45, 7) is 0.563. The summed E-state index contributed by atoms with van der Waals surface area (Å²) in [6, 6.07) is 9.62. The van der Waals surface area contributed by atoms with Crippen LogP contribution in [0.1, 0.15) is 5.56 Å². The van der Waals surface area contributed by atoms with Crippen molar-refractivity contribution < 1.29 is 9.85 Å². The number of hydrogen-bond donors (Lipinski definition) is 0. The number of hydrogen-bond acceptors (Lipinski definition) is 5. The van der Waals surface area contributed by atoms with Gasteiger partial charge in [-0.3, -0.25) is 0 Å². The van der Waals surface area contributed by atoms with Gasteiger partial charge in [0.1, 0.15) is 0 Å². The van der Waals surface area contributed by atoms with Crippen molar-refractivity contribution in [2.75, 3.05) is 3.92 Å². The third kappa shape index (κ3) is 2.58. The molecule has 0 saturated carbocycles. The van der Waals surface area contributed by atoms with Crippen LogP contribution in [0.2, 0.25) is 0 Å². The topological polar surface area (TPSA) is 89.5 Å². The first kappa shape index (κ1) is 15.0. The number of nitrogens with zero attached hydrogens (tertiary/aromatic N) is 3. The normalized spacial score (nSPS) is 13.0. The molecule has 112 valence electrons. The van der Waals surface area contributed by atoms with Crippen LogP contribution in [0, 0.1) is 20.2 Å². The molecule has 22 heavy (non-hydrogen) atoms. The van der Waals surface area contributed by atoms with Gasteiger partial charge in [0.05, 0.1) is 0 Å². The molecule has 0 radical (unpaired) electrons. The Kier molecular flexibility index (Phi) is 3.86. The van der Waals surface area contributed by atoms with Gasteiger partial charge in [-0.15, -0.1) is 0 Å². The SMILES string of the molecule is O=[N+]([O-])c1ccc(N2Cc3cccc([N+](=O)[O-])c3[Se]2)c(Br)c1. The van der Waals surface area contributed by atoms with E-state index in [4.69, 9.17) is 0 Å². The average Bonchev–Trinajstić information content (AvgIpc) is 2.90. The van der Waals surface area contributed by atoms with Gasteiger partial charge >= 0.3 is 140 Å². The summed E-state index contributed by atoms with van der Waals surface area (Å²) in [5, 5.41) is 21.9. The van der Waals surface area contributed by atoms with Crippen LogP contribution in [0.15, 0.2) is 40.9 Å². The minimum atomic E-state index is -0.455. The number of nitro benzene ring substituents is 2.